The van der Waals surface area contributed by atoms with E-state index in [1.165, 1.54) is 137 Å². The molecule has 140 heavy (non-hydrogen) atoms. The minimum absolute atomic E-state index is 0. The van der Waals surface area contributed by atoms with Gasteiger partial charge in [-0.2, -0.15) is 0 Å². The van der Waals surface area contributed by atoms with Gasteiger partial charge >= 0.3 is 73.7 Å². The molecule has 12 heteroatoms. The summed E-state index contributed by atoms with van der Waals surface area (Å²) in [7, 11) is -1.72. The molecular formula is C128H192Lu2N4O4Si2. The van der Waals surface area contributed by atoms with E-state index in [1.54, 1.807) is 0 Å². The van der Waals surface area contributed by atoms with Gasteiger partial charge in [-0.1, -0.05) is 517 Å². The van der Waals surface area contributed by atoms with Gasteiger partial charge in [-0.05, 0) is 163 Å². The van der Waals surface area contributed by atoms with E-state index >= 15 is 0 Å². The average Bonchev–Trinajstić information content (AvgIpc) is 0.920. The second kappa shape index (κ2) is 52.0. The molecule has 4 aliphatic rings. The number of hydrogen-bond donors (Lipinski definition) is 0. The van der Waals surface area contributed by atoms with Gasteiger partial charge in [0.15, 0.2) is 0 Å². The van der Waals surface area contributed by atoms with Crippen molar-refractivity contribution in [2.75, 3.05) is 26.4 Å². The summed E-state index contributed by atoms with van der Waals surface area (Å²) in [5, 5.41) is 22.9. The van der Waals surface area contributed by atoms with Gasteiger partial charge in [0.25, 0.3) is 0 Å². The SMILES string of the molecule is C1CCOC1.C1CCOC1.CC(C)c1cc(C(C)C)c([N-]c2cc(C(C)(C)C)cc3c2Oc2c([N-]c4c(C(C)C)cc(C(C)C)cc4C(C)C)cc(C(C)(C)C)cc2C3(C)C)c(C(C)C)c1.CC(C)c1cc(C(C)C)c([N-]c2cc(C(C)(C)C)cc3c2Oc2c([N-]c4c(C(C)C)cc(C(C)C)cc4C(C)C)cc(C(C)(C)C)cc2C3(C)C)c(C(C)C)c1.[CH2-][Si](C)(C)C.[CH2-][Si](C)(C)C.[Lu+3].[Lu+3].c1ccccc1. The molecule has 2 saturated heterocycles. The van der Waals surface area contributed by atoms with Crippen molar-refractivity contribution in [3.63, 3.8) is 0 Å². The number of rotatable bonds is 20. The molecule has 9 aromatic rings. The smallest absolute Gasteiger partial charge is 0.654 e. The zero-order chi connectivity index (χ0) is 104. The Morgan fingerprint density at radius 1 is 0.250 bits per heavy atom. The Morgan fingerprint density at radius 3 is 0.500 bits per heavy atom. The van der Waals surface area contributed by atoms with Crippen molar-refractivity contribution in [3.05, 3.63) is 279 Å². The topological polar surface area (TPSA) is 93.3 Å². The number of nitrogens with zero attached hydrogens (tertiary/aromatic N) is 4. The Labute approximate surface area is 919 Å². The van der Waals surface area contributed by atoms with Crippen molar-refractivity contribution < 1.29 is 92.7 Å². The first-order valence-electron chi connectivity index (χ1n) is 53.0. The van der Waals surface area contributed by atoms with E-state index in [-0.39, 0.29) is 106 Å². The molecule has 4 aliphatic heterocycles. The number of benzene rings is 9. The van der Waals surface area contributed by atoms with E-state index in [0.717, 1.165) is 94.9 Å². The van der Waals surface area contributed by atoms with Crippen LogP contribution >= 0.6 is 0 Å². The molecule has 786 valence electrons. The Morgan fingerprint density at radius 2 is 0.393 bits per heavy atom. The Bertz CT molecular complexity index is 4690. The van der Waals surface area contributed by atoms with Crippen molar-refractivity contribution in [3.8, 4) is 23.0 Å². The maximum Gasteiger partial charge on any atom is 3.00 e. The summed E-state index contributed by atoms with van der Waals surface area (Å²) in [4.78, 5) is 0. The third-order valence-corrected chi connectivity index (χ3v) is 26.5. The molecule has 0 spiro atoms. The molecule has 9 aromatic carbocycles. The standard InChI is InChI=1S/2C53H74N2O.C6H6.2C4H8O.2C4H11Si.2Lu/c2*1-29(2)35-21-39(31(5)6)47(40(22-35)32(7)8)54-45-27-37(51(13,14)15)25-43-49(45)56-50-44(53(43,19)20)26-38(52(16,17)18)28-46(50)55-48-41(33(9)10)23-36(30(3)4)24-42(48)34(11)12;1-2-4-6-5-3-1;2*1-2-4-5-3-1;2*1-5(2,3)4;;/h2*21-34H,1-20H3;1-6H;2*1-4H2;2*1H2,2-4H3;;/q2*-2;;;;2*-1;2*+3. The van der Waals surface area contributed by atoms with Crippen molar-refractivity contribution in [1.82, 2.24) is 0 Å². The van der Waals surface area contributed by atoms with Crippen LogP contribution in [-0.2, 0) is 42.0 Å². The van der Waals surface area contributed by atoms with E-state index < -0.39 is 16.1 Å². The Kier molecular flexibility index (Phi) is 46.4. The molecule has 13 rings (SSSR count). The van der Waals surface area contributed by atoms with E-state index in [1.807, 2.05) is 36.4 Å². The van der Waals surface area contributed by atoms with Crippen molar-refractivity contribution in [2.45, 2.75) is 445 Å². The Hall–Kier alpha value is -5.40. The fourth-order valence-corrected chi connectivity index (χ4v) is 17.4. The van der Waals surface area contributed by atoms with E-state index in [0.29, 0.717) is 71.0 Å². The Balaban J connectivity index is 0.000000386. The molecule has 0 aromatic heterocycles. The zero-order valence-electron chi connectivity index (χ0n) is 96.6. The molecule has 8 nitrogen and oxygen atoms in total. The van der Waals surface area contributed by atoms with E-state index in [9.17, 15) is 0 Å². The molecule has 0 bridgehead atoms. The molecule has 4 heterocycles. The molecule has 0 aliphatic carbocycles. The van der Waals surface area contributed by atoms with Crippen molar-refractivity contribution in [2.24, 2.45) is 0 Å². The molecule has 0 radical (unpaired) electrons. The quantitative estimate of drug-likeness (QED) is 0.0561. The van der Waals surface area contributed by atoms with Gasteiger partial charge in [-0.25, -0.2) is 0 Å². The van der Waals surface area contributed by atoms with E-state index in [4.69, 9.17) is 40.2 Å². The molecular weight excluding hydrogens is 2060 g/mol. The molecule has 0 unspecified atom stereocenters. The first-order valence-corrected chi connectivity index (χ1v) is 60.4. The zero-order valence-corrected chi connectivity index (χ0v) is 102. The van der Waals surface area contributed by atoms with Crippen LogP contribution in [0.15, 0.2) is 133 Å². The monoisotopic (exact) mass is 2260 g/mol. The summed E-state index contributed by atoms with van der Waals surface area (Å²) < 4.78 is 24.7. The van der Waals surface area contributed by atoms with Crippen molar-refractivity contribution in [1.29, 1.82) is 0 Å². The van der Waals surface area contributed by atoms with Gasteiger partial charge in [-0.3, -0.25) is 0 Å². The van der Waals surface area contributed by atoms with Crippen LogP contribution in [0.3, 0.4) is 0 Å². The second-order valence-electron chi connectivity index (χ2n) is 51.4. The minimum Gasteiger partial charge on any atom is -0.654 e. The predicted molar refractivity (Wildman–Crippen MR) is 614 cm³/mol. The summed E-state index contributed by atoms with van der Waals surface area (Å²) in [6.45, 7) is 117. The summed E-state index contributed by atoms with van der Waals surface area (Å²) in [6.07, 6.45) is 5.11. The summed E-state index contributed by atoms with van der Waals surface area (Å²) >= 11 is 0. The van der Waals surface area contributed by atoms with Gasteiger partial charge in [-0.15, -0.1) is 38.9 Å². The summed E-state index contributed by atoms with van der Waals surface area (Å²) in [5.41, 5.74) is 32.4. The van der Waals surface area contributed by atoms with Gasteiger partial charge in [0.1, 0.15) is 23.0 Å². The van der Waals surface area contributed by atoms with Crippen LogP contribution in [0.5, 0.6) is 23.0 Å². The third-order valence-electron chi connectivity index (χ3n) is 26.5. The van der Waals surface area contributed by atoms with Crippen LogP contribution < -0.4 is 9.47 Å². The molecule has 0 amide bonds. The predicted octanol–water partition coefficient (Wildman–Crippen LogP) is 42.9. The van der Waals surface area contributed by atoms with E-state index in [2.05, 4.69) is 426 Å². The van der Waals surface area contributed by atoms with Gasteiger partial charge in [0.05, 0.1) is 0 Å². The molecule has 2 fully saturated rings. The first-order chi connectivity index (χ1) is 63.5. The summed E-state index contributed by atoms with van der Waals surface area (Å²) in [6, 6.07) is 49.9. The van der Waals surface area contributed by atoms with Gasteiger partial charge in [0, 0.05) is 59.5 Å². The summed E-state index contributed by atoms with van der Waals surface area (Å²) in [5.74, 6) is 7.66. The average molecular weight is 2260 g/mol. The molecule has 0 saturated carbocycles. The van der Waals surface area contributed by atoms with Crippen LogP contribution in [0.2, 0.25) is 39.3 Å². The minimum atomic E-state index is -0.861. The first kappa shape index (κ1) is 125. The number of fused-ring (bicyclic) bond motifs is 4. The van der Waals surface area contributed by atoms with Crippen LogP contribution in [0.25, 0.3) is 21.3 Å². The van der Waals surface area contributed by atoms with Gasteiger partial charge < -0.3 is 53.3 Å². The number of hydrogen-bond acceptors (Lipinski definition) is 4. The normalized spacial score (nSPS) is 14.3. The fourth-order valence-electron chi connectivity index (χ4n) is 17.4. The largest absolute Gasteiger partial charge is 3.00 e. The van der Waals surface area contributed by atoms with Crippen LogP contribution in [0.4, 0.5) is 45.5 Å². The van der Waals surface area contributed by atoms with Gasteiger partial charge in [0.2, 0.25) is 0 Å². The molecule has 0 atom stereocenters. The van der Waals surface area contributed by atoms with Crippen LogP contribution in [0, 0.1) is 86.8 Å². The maximum atomic E-state index is 7.39. The van der Waals surface area contributed by atoms with Crippen LogP contribution in [-0.4, -0.2) is 42.6 Å². The fraction of sp³-hybridized carbons (Fsp3) is 0.562. The number of ether oxygens (including phenoxy) is 4. The van der Waals surface area contributed by atoms with Crippen molar-refractivity contribution >= 4 is 61.6 Å². The maximum absolute atomic E-state index is 7.39. The third kappa shape index (κ3) is 34.3. The van der Waals surface area contributed by atoms with Crippen LogP contribution in [0.1, 0.15) is 485 Å². The second-order valence-corrected chi connectivity index (χ2v) is 61.6. The molecule has 0 N–H and O–H groups in total.